The van der Waals surface area contributed by atoms with Crippen LogP contribution in [-0.4, -0.2) is 18.0 Å². The van der Waals surface area contributed by atoms with E-state index in [-0.39, 0.29) is 11.9 Å². The van der Waals surface area contributed by atoms with E-state index in [1.165, 1.54) is 0 Å². The maximum Gasteiger partial charge on any atom is 0.253 e. The van der Waals surface area contributed by atoms with Crippen LogP contribution >= 0.6 is 15.9 Å². The van der Waals surface area contributed by atoms with Crippen LogP contribution in [0.5, 0.6) is 5.75 Å². The zero-order chi connectivity index (χ0) is 17.1. The number of carbonyl (C=O) groups excluding carboxylic acids is 1. The molecule has 0 bridgehead atoms. The average molecular weight is 385 g/mol. The number of benzene rings is 2. The number of carbonyl (C=O) groups is 1. The molecule has 3 rings (SSSR count). The van der Waals surface area contributed by atoms with Gasteiger partial charge in [0.1, 0.15) is 5.75 Å². The van der Waals surface area contributed by atoms with Crippen molar-refractivity contribution < 1.29 is 9.53 Å². The lowest BCUT2D eigenvalue weighted by Crippen LogP contribution is -2.27. The van der Waals surface area contributed by atoms with E-state index in [1.807, 2.05) is 49.4 Å². The monoisotopic (exact) mass is 384 g/mol. The quantitative estimate of drug-likeness (QED) is 0.720. The van der Waals surface area contributed by atoms with Crippen molar-refractivity contribution in [2.45, 2.75) is 13.0 Å². The molecule has 0 radical (unpaired) electrons. The number of para-hydroxylation sites is 1. The summed E-state index contributed by atoms with van der Waals surface area (Å²) in [6.07, 6.45) is 1.70. The fraction of sp³-hybridized carbons (Fsp3) is 0.158. The van der Waals surface area contributed by atoms with Crippen LogP contribution in [-0.2, 0) is 0 Å². The van der Waals surface area contributed by atoms with Crippen LogP contribution in [0.4, 0.5) is 0 Å². The summed E-state index contributed by atoms with van der Waals surface area (Å²) in [7, 11) is 1.62. The third kappa shape index (κ3) is 3.26. The van der Waals surface area contributed by atoms with Gasteiger partial charge in [0, 0.05) is 11.6 Å². The lowest BCUT2D eigenvalue weighted by Gasteiger charge is -2.16. The highest BCUT2D eigenvalue weighted by Crippen LogP contribution is 2.28. The van der Waals surface area contributed by atoms with Crippen LogP contribution in [0.3, 0.4) is 0 Å². The van der Waals surface area contributed by atoms with E-state index in [2.05, 4.69) is 26.2 Å². The second kappa shape index (κ2) is 7.01. The molecule has 0 saturated carbocycles. The smallest absolute Gasteiger partial charge is 0.253 e. The second-order valence-electron chi connectivity index (χ2n) is 5.47. The number of nitrogens with one attached hydrogen (secondary N) is 1. The molecule has 1 heterocycles. The summed E-state index contributed by atoms with van der Waals surface area (Å²) >= 11 is 3.47. The lowest BCUT2D eigenvalue weighted by molar-refractivity contribution is 0.0941. The minimum atomic E-state index is -0.140. The molecule has 0 fully saturated rings. The first-order valence-electron chi connectivity index (χ1n) is 7.58. The first-order valence-corrected chi connectivity index (χ1v) is 8.37. The van der Waals surface area contributed by atoms with Crippen molar-refractivity contribution in [3.8, 4) is 5.75 Å². The van der Waals surface area contributed by atoms with Crippen LogP contribution < -0.4 is 10.1 Å². The van der Waals surface area contributed by atoms with Crippen molar-refractivity contribution in [2.75, 3.05) is 7.11 Å². The summed E-state index contributed by atoms with van der Waals surface area (Å²) in [6, 6.07) is 15.0. The zero-order valence-corrected chi connectivity index (χ0v) is 15.0. The number of amides is 1. The highest BCUT2D eigenvalue weighted by molar-refractivity contribution is 9.10. The minimum absolute atomic E-state index is 0.140. The summed E-state index contributed by atoms with van der Waals surface area (Å²) in [5.41, 5.74) is 2.28. The number of hydrogen-bond donors (Lipinski definition) is 1. The molecule has 0 saturated heterocycles. The number of halogens is 1. The summed E-state index contributed by atoms with van der Waals surface area (Å²) in [4.78, 5) is 17.0. The number of methoxy groups -OCH3 is 1. The van der Waals surface area contributed by atoms with Crippen molar-refractivity contribution in [3.63, 3.8) is 0 Å². The van der Waals surface area contributed by atoms with E-state index >= 15 is 0 Å². The average Bonchev–Trinajstić information content (AvgIpc) is 2.61. The van der Waals surface area contributed by atoms with Gasteiger partial charge in [0.15, 0.2) is 0 Å². The van der Waals surface area contributed by atoms with Crippen LogP contribution in [0.15, 0.2) is 59.2 Å². The molecule has 1 atom stereocenters. The van der Waals surface area contributed by atoms with E-state index in [0.29, 0.717) is 11.1 Å². The topological polar surface area (TPSA) is 51.2 Å². The normalized spacial score (nSPS) is 12.0. The van der Waals surface area contributed by atoms with Crippen LogP contribution in [0.25, 0.3) is 10.9 Å². The van der Waals surface area contributed by atoms with Crippen molar-refractivity contribution in [1.29, 1.82) is 0 Å². The SMILES string of the molecule is COc1ccc(C(C)NC(=O)c2cccc3cccnc23)cc1Br. The maximum absolute atomic E-state index is 12.7. The molecule has 2 aromatic carbocycles. The molecule has 1 N–H and O–H groups in total. The minimum Gasteiger partial charge on any atom is -0.496 e. The number of ether oxygens (including phenoxy) is 1. The molecule has 3 aromatic rings. The summed E-state index contributed by atoms with van der Waals surface area (Å²) in [5.74, 6) is 0.620. The number of pyridine rings is 1. The summed E-state index contributed by atoms with van der Waals surface area (Å²) < 4.78 is 6.09. The fourth-order valence-electron chi connectivity index (χ4n) is 2.60. The fourth-order valence-corrected chi connectivity index (χ4v) is 3.16. The number of rotatable bonds is 4. The van der Waals surface area contributed by atoms with Gasteiger partial charge >= 0.3 is 0 Å². The van der Waals surface area contributed by atoms with E-state index in [0.717, 1.165) is 21.2 Å². The molecule has 1 aromatic heterocycles. The molecular weight excluding hydrogens is 368 g/mol. The Morgan fingerprint density at radius 2 is 2.00 bits per heavy atom. The molecule has 4 nitrogen and oxygen atoms in total. The third-order valence-electron chi connectivity index (χ3n) is 3.90. The Balaban J connectivity index is 1.84. The van der Waals surface area contributed by atoms with Gasteiger partial charge in [-0.1, -0.05) is 24.3 Å². The molecule has 5 heteroatoms. The van der Waals surface area contributed by atoms with Crippen molar-refractivity contribution in [1.82, 2.24) is 10.3 Å². The molecule has 0 aliphatic carbocycles. The van der Waals surface area contributed by atoms with Crippen LogP contribution in [0.2, 0.25) is 0 Å². The Bertz CT molecular complexity index is 890. The number of aromatic nitrogens is 1. The highest BCUT2D eigenvalue weighted by Gasteiger charge is 2.15. The van der Waals surface area contributed by atoms with Gasteiger partial charge in [-0.05, 0) is 52.7 Å². The van der Waals surface area contributed by atoms with Crippen molar-refractivity contribution in [2.24, 2.45) is 0 Å². The van der Waals surface area contributed by atoms with Gasteiger partial charge in [0.25, 0.3) is 5.91 Å². The highest BCUT2D eigenvalue weighted by atomic mass is 79.9. The van der Waals surface area contributed by atoms with E-state index < -0.39 is 0 Å². The van der Waals surface area contributed by atoms with E-state index in [9.17, 15) is 4.79 Å². The summed E-state index contributed by atoms with van der Waals surface area (Å²) in [5, 5.41) is 3.98. The second-order valence-corrected chi connectivity index (χ2v) is 6.32. The Morgan fingerprint density at radius 3 is 2.75 bits per heavy atom. The standard InChI is InChI=1S/C19H17BrN2O2/c1-12(14-8-9-17(24-2)16(20)11-14)22-19(23)15-7-3-5-13-6-4-10-21-18(13)15/h3-12H,1-2H3,(H,22,23). The number of hydrogen-bond acceptors (Lipinski definition) is 3. The first-order chi connectivity index (χ1) is 11.6. The molecule has 0 aliphatic heterocycles. The zero-order valence-electron chi connectivity index (χ0n) is 13.4. The third-order valence-corrected chi connectivity index (χ3v) is 4.52. The van der Waals surface area contributed by atoms with Crippen LogP contribution in [0, 0.1) is 0 Å². The van der Waals surface area contributed by atoms with Gasteiger partial charge in [0.2, 0.25) is 0 Å². The van der Waals surface area contributed by atoms with E-state index in [1.54, 1.807) is 19.4 Å². The molecule has 1 amide bonds. The largest absolute Gasteiger partial charge is 0.496 e. The molecule has 24 heavy (non-hydrogen) atoms. The van der Waals surface area contributed by atoms with Gasteiger partial charge in [0.05, 0.1) is 28.7 Å². The lowest BCUT2D eigenvalue weighted by atomic mass is 10.1. The van der Waals surface area contributed by atoms with Gasteiger partial charge in [-0.2, -0.15) is 0 Å². The van der Waals surface area contributed by atoms with Crippen molar-refractivity contribution >= 4 is 32.7 Å². The van der Waals surface area contributed by atoms with Crippen LogP contribution in [0.1, 0.15) is 28.9 Å². The van der Waals surface area contributed by atoms with Gasteiger partial charge in [-0.3, -0.25) is 9.78 Å². The Morgan fingerprint density at radius 1 is 1.21 bits per heavy atom. The molecule has 122 valence electrons. The number of fused-ring (bicyclic) bond motifs is 1. The predicted octanol–water partition coefficient (Wildman–Crippen LogP) is 4.50. The molecular formula is C19H17BrN2O2. The summed E-state index contributed by atoms with van der Waals surface area (Å²) in [6.45, 7) is 1.95. The molecule has 0 spiro atoms. The van der Waals surface area contributed by atoms with Gasteiger partial charge in [-0.25, -0.2) is 0 Å². The Labute approximate surface area is 149 Å². The Kier molecular flexibility index (Phi) is 4.81. The Hall–Kier alpha value is -2.40. The van der Waals surface area contributed by atoms with Crippen molar-refractivity contribution in [3.05, 3.63) is 70.3 Å². The first kappa shape index (κ1) is 16.5. The maximum atomic E-state index is 12.7. The van der Waals surface area contributed by atoms with E-state index in [4.69, 9.17) is 4.74 Å². The predicted molar refractivity (Wildman–Crippen MR) is 98.3 cm³/mol. The van der Waals surface area contributed by atoms with Gasteiger partial charge in [-0.15, -0.1) is 0 Å². The molecule has 0 aliphatic rings. The van der Waals surface area contributed by atoms with Gasteiger partial charge < -0.3 is 10.1 Å². The number of nitrogens with zero attached hydrogens (tertiary/aromatic N) is 1. The molecule has 1 unspecified atom stereocenters.